The zero-order valence-corrected chi connectivity index (χ0v) is 26.6. The van der Waals surface area contributed by atoms with Crippen LogP contribution in [0.15, 0.2) is 73.1 Å². The molecule has 2 aromatic carbocycles. The van der Waals surface area contributed by atoms with Gasteiger partial charge in [-0.3, -0.25) is 23.9 Å². The van der Waals surface area contributed by atoms with Crippen molar-refractivity contribution in [3.63, 3.8) is 0 Å². The van der Waals surface area contributed by atoms with Gasteiger partial charge in [0.1, 0.15) is 0 Å². The summed E-state index contributed by atoms with van der Waals surface area (Å²) in [6.45, 7) is 7.53. The van der Waals surface area contributed by atoms with E-state index in [-0.39, 0.29) is 47.5 Å². The number of amides is 4. The largest absolute Gasteiger partial charge is 0.351 e. The van der Waals surface area contributed by atoms with Crippen LogP contribution >= 0.6 is 0 Å². The summed E-state index contributed by atoms with van der Waals surface area (Å²) < 4.78 is 1.76. The summed E-state index contributed by atoms with van der Waals surface area (Å²) >= 11 is 0. The fourth-order valence-electron chi connectivity index (χ4n) is 7.64. The third-order valence-corrected chi connectivity index (χ3v) is 10.5. The van der Waals surface area contributed by atoms with Gasteiger partial charge in [0.2, 0.25) is 11.8 Å². The molecule has 1 aliphatic carbocycles. The predicted molar refractivity (Wildman–Crippen MR) is 172 cm³/mol. The molecule has 1 saturated carbocycles. The van der Waals surface area contributed by atoms with E-state index in [1.807, 2.05) is 70.5 Å². The van der Waals surface area contributed by atoms with Crippen LogP contribution in [0.4, 0.5) is 0 Å². The summed E-state index contributed by atoms with van der Waals surface area (Å²) in [4.78, 5) is 59.7. The normalized spacial score (nSPS) is 24.4. The Kier molecular flexibility index (Phi) is 7.69. The number of hydrogen-bond donors (Lipinski definition) is 1. The van der Waals surface area contributed by atoms with Crippen molar-refractivity contribution in [2.24, 2.45) is 22.7 Å². The van der Waals surface area contributed by atoms with E-state index in [1.165, 1.54) is 0 Å². The molecule has 0 radical (unpaired) electrons. The van der Waals surface area contributed by atoms with Crippen LogP contribution in [0.25, 0.3) is 0 Å². The van der Waals surface area contributed by atoms with E-state index in [4.69, 9.17) is 0 Å². The van der Waals surface area contributed by atoms with Gasteiger partial charge in [0.25, 0.3) is 11.8 Å². The number of likely N-dealkylation sites (tertiary alicyclic amines) is 3. The average Bonchev–Trinajstić information content (AvgIpc) is 3.36. The molecule has 1 unspecified atom stereocenters. The fraction of sp³-hybridized carbons (Fsp3) is 0.472. The summed E-state index contributed by atoms with van der Waals surface area (Å²) in [5.74, 6) is -0.552. The Morgan fingerprint density at radius 1 is 0.826 bits per heavy atom. The van der Waals surface area contributed by atoms with E-state index in [1.54, 1.807) is 22.0 Å². The number of carbonyl (C=O) groups is 4. The maximum absolute atomic E-state index is 14.0. The highest BCUT2D eigenvalue weighted by Gasteiger charge is 2.62. The second-order valence-corrected chi connectivity index (χ2v) is 14.4. The number of piperidine rings is 1. The van der Waals surface area contributed by atoms with Crippen LogP contribution in [-0.4, -0.2) is 93.4 Å². The van der Waals surface area contributed by atoms with Gasteiger partial charge < -0.3 is 20.0 Å². The molecule has 10 nitrogen and oxygen atoms in total. The molecular formula is C36H42N6O4. The van der Waals surface area contributed by atoms with Gasteiger partial charge in [-0.25, -0.2) is 0 Å². The first-order chi connectivity index (χ1) is 22.1. The molecule has 4 amide bonds. The molecule has 240 valence electrons. The van der Waals surface area contributed by atoms with Gasteiger partial charge in [-0.05, 0) is 42.4 Å². The zero-order chi connectivity index (χ0) is 32.1. The van der Waals surface area contributed by atoms with Crippen LogP contribution in [0.2, 0.25) is 0 Å². The van der Waals surface area contributed by atoms with Crippen molar-refractivity contribution in [2.45, 2.75) is 45.7 Å². The number of nitrogens with one attached hydrogen (secondary N) is 1. The van der Waals surface area contributed by atoms with Crippen LogP contribution < -0.4 is 5.32 Å². The Morgan fingerprint density at radius 2 is 1.48 bits per heavy atom. The monoisotopic (exact) mass is 622 g/mol. The molecular weight excluding hydrogens is 580 g/mol. The van der Waals surface area contributed by atoms with E-state index in [0.29, 0.717) is 50.4 Å². The highest BCUT2D eigenvalue weighted by Crippen LogP contribution is 2.54. The van der Waals surface area contributed by atoms with Crippen molar-refractivity contribution in [3.05, 3.63) is 89.7 Å². The number of benzene rings is 2. The number of hydrogen-bond acceptors (Lipinski definition) is 5. The Hall–Kier alpha value is -4.47. The molecule has 1 aromatic heterocycles. The molecule has 1 N–H and O–H groups in total. The third-order valence-electron chi connectivity index (χ3n) is 10.5. The lowest BCUT2D eigenvalue weighted by molar-refractivity contribution is -0.151. The number of rotatable bonds is 7. The summed E-state index contributed by atoms with van der Waals surface area (Å²) in [5.41, 5.74) is 1.75. The Balaban J connectivity index is 1.05. The molecule has 3 aliphatic heterocycles. The number of nitrogens with zero attached hydrogens (tertiary/aromatic N) is 5. The fourth-order valence-corrected chi connectivity index (χ4v) is 7.64. The first-order valence-electron chi connectivity index (χ1n) is 16.4. The maximum atomic E-state index is 14.0. The lowest BCUT2D eigenvalue weighted by Gasteiger charge is -2.50. The molecule has 46 heavy (non-hydrogen) atoms. The highest BCUT2D eigenvalue weighted by atomic mass is 16.2. The number of aromatic nitrogens is 2. The molecule has 10 heteroatoms. The van der Waals surface area contributed by atoms with Gasteiger partial charge in [-0.1, -0.05) is 62.4 Å². The molecule has 3 atom stereocenters. The van der Waals surface area contributed by atoms with Crippen LogP contribution in [0, 0.1) is 22.7 Å². The zero-order valence-electron chi connectivity index (χ0n) is 26.6. The second kappa shape index (κ2) is 11.7. The minimum atomic E-state index is -0.497. The van der Waals surface area contributed by atoms with E-state index in [2.05, 4.69) is 24.3 Å². The molecule has 1 spiro atoms. The minimum absolute atomic E-state index is 0.0260. The molecule has 7 rings (SSSR count). The molecule has 0 bridgehead atoms. The van der Waals surface area contributed by atoms with Crippen molar-refractivity contribution in [1.29, 1.82) is 0 Å². The van der Waals surface area contributed by atoms with Gasteiger partial charge in [0, 0.05) is 68.4 Å². The smallest absolute Gasteiger partial charge is 0.257 e. The summed E-state index contributed by atoms with van der Waals surface area (Å²) in [7, 11) is 0. The van der Waals surface area contributed by atoms with Gasteiger partial charge in [-0.15, -0.1) is 0 Å². The Morgan fingerprint density at radius 3 is 2.17 bits per heavy atom. The first kappa shape index (κ1) is 30.2. The maximum Gasteiger partial charge on any atom is 0.257 e. The molecule has 4 heterocycles. The van der Waals surface area contributed by atoms with E-state index < -0.39 is 11.3 Å². The first-order valence-corrected chi connectivity index (χ1v) is 16.4. The van der Waals surface area contributed by atoms with Crippen molar-refractivity contribution >= 4 is 23.6 Å². The minimum Gasteiger partial charge on any atom is -0.351 e. The van der Waals surface area contributed by atoms with E-state index >= 15 is 0 Å². The summed E-state index contributed by atoms with van der Waals surface area (Å²) in [6, 6.07) is 19.0. The summed E-state index contributed by atoms with van der Waals surface area (Å²) in [6.07, 6.45) is 5.83. The van der Waals surface area contributed by atoms with Gasteiger partial charge >= 0.3 is 0 Å². The van der Waals surface area contributed by atoms with E-state index in [9.17, 15) is 19.2 Å². The molecule has 4 fully saturated rings. The van der Waals surface area contributed by atoms with Crippen molar-refractivity contribution in [2.75, 3.05) is 39.3 Å². The Bertz CT molecular complexity index is 1630. The molecule has 3 aromatic rings. The van der Waals surface area contributed by atoms with Crippen molar-refractivity contribution in [3.8, 4) is 0 Å². The molecule has 4 aliphatic rings. The van der Waals surface area contributed by atoms with Crippen molar-refractivity contribution < 1.29 is 19.2 Å². The third kappa shape index (κ3) is 5.81. The van der Waals surface area contributed by atoms with Gasteiger partial charge in [0.05, 0.1) is 24.2 Å². The SMILES string of the molecule is CC1(C)C[C@@H]1C(=O)N1CC2(CN(C(=O)c3cnn(Cc4ccccc4)c3)C[C@@H]2C(=O)NC2CCCN(C(=O)c3ccccc3)C2)C1. The highest BCUT2D eigenvalue weighted by molar-refractivity contribution is 5.95. The van der Waals surface area contributed by atoms with Crippen LogP contribution in [0.3, 0.4) is 0 Å². The Labute approximate surface area is 269 Å². The van der Waals surface area contributed by atoms with Crippen LogP contribution in [-0.2, 0) is 16.1 Å². The van der Waals surface area contributed by atoms with E-state index in [0.717, 1.165) is 24.8 Å². The predicted octanol–water partition coefficient (Wildman–Crippen LogP) is 3.30. The van der Waals surface area contributed by atoms with Gasteiger partial charge in [-0.2, -0.15) is 5.10 Å². The molecule has 3 saturated heterocycles. The van der Waals surface area contributed by atoms with Gasteiger partial charge in [0.15, 0.2) is 0 Å². The lowest BCUT2D eigenvalue weighted by Crippen LogP contribution is -2.65. The van der Waals surface area contributed by atoms with Crippen molar-refractivity contribution in [1.82, 2.24) is 29.8 Å². The lowest BCUT2D eigenvalue weighted by atomic mass is 9.70. The number of carbonyl (C=O) groups excluding carboxylic acids is 4. The topological polar surface area (TPSA) is 108 Å². The summed E-state index contributed by atoms with van der Waals surface area (Å²) in [5, 5.41) is 7.68. The second-order valence-electron chi connectivity index (χ2n) is 14.4. The van der Waals surface area contributed by atoms with Crippen LogP contribution in [0.5, 0.6) is 0 Å². The quantitative estimate of drug-likeness (QED) is 0.435. The average molecular weight is 623 g/mol. The van der Waals surface area contributed by atoms with Crippen LogP contribution in [0.1, 0.15) is 59.4 Å². The standard InChI is InChI=1S/C36H42N6O4/c1-35(2)16-29(35)34(46)41-23-36(24-41)22-40(33(45)27-17-37-42(19-27)18-25-10-5-3-6-11-25)21-30(36)31(43)38-28-14-9-15-39(20-28)32(44)26-12-7-4-8-13-26/h3-8,10-13,17,19,28-30H,9,14-16,18,20-24H2,1-2H3,(H,38,43)/t28?,29-,30-/m1/s1.